The third-order valence-electron chi connectivity index (χ3n) is 5.08. The normalized spacial score (nSPS) is 15.2. The van der Waals surface area contributed by atoms with Gasteiger partial charge in [-0.2, -0.15) is 0 Å². The molecule has 1 N–H and O–H groups in total. The molecular weight excluding hydrogens is 348 g/mol. The number of carbonyl (C=O) groups is 1. The number of nitrogens with zero attached hydrogens (tertiary/aromatic N) is 3. The van der Waals surface area contributed by atoms with Crippen molar-refractivity contribution in [2.24, 2.45) is 0 Å². The Morgan fingerprint density at radius 2 is 1.82 bits per heavy atom. The third-order valence-corrected chi connectivity index (χ3v) is 5.08. The predicted molar refractivity (Wildman–Crippen MR) is 115 cm³/mol. The lowest BCUT2D eigenvalue weighted by atomic mass is 10.1. The molecule has 0 fully saturated rings. The van der Waals surface area contributed by atoms with Gasteiger partial charge in [-0.1, -0.05) is 18.2 Å². The molecule has 0 saturated carbocycles. The van der Waals surface area contributed by atoms with Crippen LogP contribution in [0.1, 0.15) is 22.8 Å². The van der Waals surface area contributed by atoms with E-state index in [2.05, 4.69) is 28.2 Å². The molecule has 1 aromatic heterocycles. The average Bonchev–Trinajstić information content (AvgIpc) is 3.03. The number of pyridine rings is 1. The fraction of sp³-hybridized carbons (Fsp3) is 0.217. The van der Waals surface area contributed by atoms with E-state index in [1.807, 2.05) is 67.5 Å². The summed E-state index contributed by atoms with van der Waals surface area (Å²) < 4.78 is 0. The Kier molecular flexibility index (Phi) is 4.74. The summed E-state index contributed by atoms with van der Waals surface area (Å²) in [6.07, 6.45) is 4.25. The maximum absolute atomic E-state index is 13.2. The average molecular weight is 372 g/mol. The van der Waals surface area contributed by atoms with E-state index >= 15 is 0 Å². The Hall–Kier alpha value is -3.34. The van der Waals surface area contributed by atoms with Gasteiger partial charge in [0.05, 0.1) is 17.4 Å². The maximum atomic E-state index is 13.2. The van der Waals surface area contributed by atoms with E-state index in [-0.39, 0.29) is 11.9 Å². The Labute approximate surface area is 165 Å². The summed E-state index contributed by atoms with van der Waals surface area (Å²) in [7, 11) is 4.03. The molecule has 1 aliphatic heterocycles. The van der Waals surface area contributed by atoms with Crippen molar-refractivity contribution in [3.63, 3.8) is 0 Å². The number of fused-ring (bicyclic) bond motifs is 1. The number of nitrogens with one attached hydrogen (secondary N) is 1. The van der Waals surface area contributed by atoms with Gasteiger partial charge in [-0.15, -0.1) is 0 Å². The largest absolute Gasteiger partial charge is 0.378 e. The minimum Gasteiger partial charge on any atom is -0.378 e. The van der Waals surface area contributed by atoms with Gasteiger partial charge in [0.2, 0.25) is 0 Å². The van der Waals surface area contributed by atoms with Crippen molar-refractivity contribution in [1.29, 1.82) is 0 Å². The van der Waals surface area contributed by atoms with Crippen LogP contribution in [0.3, 0.4) is 0 Å². The van der Waals surface area contributed by atoms with Crippen molar-refractivity contribution in [3.05, 3.63) is 78.1 Å². The van der Waals surface area contributed by atoms with Crippen LogP contribution in [0, 0.1) is 0 Å². The highest BCUT2D eigenvalue weighted by atomic mass is 16.2. The lowest BCUT2D eigenvalue weighted by Crippen LogP contribution is -2.35. The van der Waals surface area contributed by atoms with E-state index in [4.69, 9.17) is 0 Å². The molecule has 0 aliphatic carbocycles. The van der Waals surface area contributed by atoms with Gasteiger partial charge in [-0.3, -0.25) is 9.78 Å². The predicted octanol–water partition coefficient (Wildman–Crippen LogP) is 4.48. The van der Waals surface area contributed by atoms with Crippen LogP contribution in [0.15, 0.2) is 67.0 Å². The van der Waals surface area contributed by atoms with Crippen molar-refractivity contribution in [2.75, 3.05) is 29.2 Å². The first-order chi connectivity index (χ1) is 13.5. The zero-order valence-corrected chi connectivity index (χ0v) is 16.4. The Balaban J connectivity index is 1.56. The number of aromatic nitrogens is 1. The molecule has 1 aliphatic rings. The van der Waals surface area contributed by atoms with Gasteiger partial charge in [-0.25, -0.2) is 0 Å². The molecule has 5 heteroatoms. The zero-order chi connectivity index (χ0) is 19.7. The minimum absolute atomic E-state index is 0.0171. The van der Waals surface area contributed by atoms with Crippen molar-refractivity contribution < 1.29 is 4.79 Å². The Morgan fingerprint density at radius 3 is 2.57 bits per heavy atom. The van der Waals surface area contributed by atoms with Crippen LogP contribution in [-0.2, 0) is 6.42 Å². The van der Waals surface area contributed by atoms with Gasteiger partial charge in [-0.05, 0) is 55.3 Å². The molecule has 0 spiro atoms. The summed E-state index contributed by atoms with van der Waals surface area (Å²) in [5.74, 6) is -0.0171. The van der Waals surface area contributed by atoms with E-state index in [0.717, 1.165) is 29.2 Å². The zero-order valence-electron chi connectivity index (χ0n) is 16.4. The Morgan fingerprint density at radius 1 is 1.07 bits per heavy atom. The highest BCUT2D eigenvalue weighted by Crippen LogP contribution is 2.33. The van der Waals surface area contributed by atoms with E-state index in [1.165, 1.54) is 5.56 Å². The van der Waals surface area contributed by atoms with Crippen LogP contribution in [0.25, 0.3) is 0 Å². The number of amides is 1. The van der Waals surface area contributed by atoms with E-state index in [1.54, 1.807) is 12.4 Å². The molecule has 0 radical (unpaired) electrons. The second-order valence-electron chi connectivity index (χ2n) is 7.39. The van der Waals surface area contributed by atoms with Crippen LogP contribution in [-0.4, -0.2) is 31.0 Å². The molecule has 0 saturated heterocycles. The standard InChI is InChI=1S/C23H24N4O/c1-16-12-17-6-4-5-7-22(17)27(16)23(28)18-13-20(15-24-14-18)25-19-8-10-21(11-9-19)26(2)3/h4-11,13-16,25H,12H2,1-3H3. The molecule has 28 heavy (non-hydrogen) atoms. The molecule has 1 unspecified atom stereocenters. The lowest BCUT2D eigenvalue weighted by Gasteiger charge is -2.23. The van der Waals surface area contributed by atoms with E-state index < -0.39 is 0 Å². The molecular formula is C23H24N4O. The van der Waals surface area contributed by atoms with Crippen LogP contribution in [0.4, 0.5) is 22.7 Å². The number of anilines is 4. The highest BCUT2D eigenvalue weighted by molar-refractivity contribution is 6.08. The molecule has 4 rings (SSSR count). The maximum Gasteiger partial charge on any atom is 0.260 e. The molecule has 142 valence electrons. The SMILES string of the molecule is CC1Cc2ccccc2N1C(=O)c1cncc(Nc2ccc(N(C)C)cc2)c1. The number of benzene rings is 2. The summed E-state index contributed by atoms with van der Waals surface area (Å²) in [6, 6.07) is 18.2. The minimum atomic E-state index is -0.0171. The second kappa shape index (κ2) is 7.35. The number of hydrogen-bond donors (Lipinski definition) is 1. The molecule has 0 bridgehead atoms. The lowest BCUT2D eigenvalue weighted by molar-refractivity contribution is 0.0981. The smallest absolute Gasteiger partial charge is 0.260 e. The number of hydrogen-bond acceptors (Lipinski definition) is 4. The van der Waals surface area contributed by atoms with Crippen LogP contribution < -0.4 is 15.1 Å². The Bertz CT molecular complexity index is 997. The summed E-state index contributed by atoms with van der Waals surface area (Å²) in [5, 5.41) is 3.33. The van der Waals surface area contributed by atoms with Crippen LogP contribution in [0.5, 0.6) is 0 Å². The van der Waals surface area contributed by atoms with Gasteiger partial charge in [0, 0.05) is 43.4 Å². The van der Waals surface area contributed by atoms with Gasteiger partial charge >= 0.3 is 0 Å². The molecule has 1 atom stereocenters. The summed E-state index contributed by atoms with van der Waals surface area (Å²) in [6.45, 7) is 2.08. The molecule has 1 amide bonds. The first-order valence-electron chi connectivity index (χ1n) is 9.44. The molecule has 2 heterocycles. The fourth-order valence-corrected chi connectivity index (χ4v) is 3.65. The molecule has 2 aromatic carbocycles. The van der Waals surface area contributed by atoms with Crippen LogP contribution >= 0.6 is 0 Å². The van der Waals surface area contributed by atoms with Gasteiger partial charge in [0.25, 0.3) is 5.91 Å². The quantitative estimate of drug-likeness (QED) is 0.733. The van der Waals surface area contributed by atoms with Gasteiger partial charge < -0.3 is 15.1 Å². The van der Waals surface area contributed by atoms with Crippen molar-refractivity contribution in [1.82, 2.24) is 4.98 Å². The van der Waals surface area contributed by atoms with E-state index in [9.17, 15) is 4.79 Å². The topological polar surface area (TPSA) is 48.5 Å². The summed E-state index contributed by atoms with van der Waals surface area (Å²) in [5.41, 5.74) is 5.68. The summed E-state index contributed by atoms with van der Waals surface area (Å²) in [4.78, 5) is 21.4. The first-order valence-corrected chi connectivity index (χ1v) is 9.44. The number of para-hydroxylation sites is 1. The second-order valence-corrected chi connectivity index (χ2v) is 7.39. The number of carbonyl (C=O) groups excluding carboxylic acids is 1. The summed E-state index contributed by atoms with van der Waals surface area (Å²) >= 11 is 0. The number of rotatable bonds is 4. The first kappa shape index (κ1) is 18.0. The third kappa shape index (κ3) is 3.43. The van der Waals surface area contributed by atoms with Crippen molar-refractivity contribution >= 4 is 28.7 Å². The van der Waals surface area contributed by atoms with Crippen molar-refractivity contribution in [3.8, 4) is 0 Å². The van der Waals surface area contributed by atoms with Crippen molar-refractivity contribution in [2.45, 2.75) is 19.4 Å². The van der Waals surface area contributed by atoms with Gasteiger partial charge in [0.1, 0.15) is 0 Å². The fourth-order valence-electron chi connectivity index (χ4n) is 3.65. The van der Waals surface area contributed by atoms with Crippen LogP contribution in [0.2, 0.25) is 0 Å². The molecule has 3 aromatic rings. The highest BCUT2D eigenvalue weighted by Gasteiger charge is 2.31. The monoisotopic (exact) mass is 372 g/mol. The van der Waals surface area contributed by atoms with Gasteiger partial charge in [0.15, 0.2) is 0 Å². The molecule has 5 nitrogen and oxygen atoms in total. The van der Waals surface area contributed by atoms with E-state index in [0.29, 0.717) is 5.56 Å².